The van der Waals surface area contributed by atoms with Crippen molar-refractivity contribution < 1.29 is 14.3 Å². The molecule has 1 amide bonds. The van der Waals surface area contributed by atoms with Crippen molar-refractivity contribution in [3.05, 3.63) is 28.2 Å². The lowest BCUT2D eigenvalue weighted by atomic mass is 9.89. The Morgan fingerprint density at radius 1 is 1.14 bits per heavy atom. The van der Waals surface area contributed by atoms with Gasteiger partial charge in [-0.15, -0.1) is 0 Å². The number of benzene rings is 1. The van der Waals surface area contributed by atoms with Gasteiger partial charge in [-0.05, 0) is 38.0 Å². The summed E-state index contributed by atoms with van der Waals surface area (Å²) in [6, 6.07) is 4.74. The summed E-state index contributed by atoms with van der Waals surface area (Å²) in [5, 5.41) is 3.50. The van der Waals surface area contributed by atoms with Crippen LogP contribution >= 0.6 is 23.2 Å². The van der Waals surface area contributed by atoms with Gasteiger partial charge in [-0.25, -0.2) is 0 Å². The minimum absolute atomic E-state index is 0.0791. The fourth-order valence-corrected chi connectivity index (χ4v) is 3.06. The number of nitrogens with one attached hydrogen (secondary N) is 1. The van der Waals surface area contributed by atoms with E-state index in [-0.39, 0.29) is 11.9 Å². The molecular weight excluding hydrogens is 325 g/mol. The molecule has 1 aliphatic rings. The van der Waals surface area contributed by atoms with Gasteiger partial charge in [0.15, 0.2) is 6.10 Å². The molecular formula is C16H19Cl2NO3. The molecule has 0 heterocycles. The Bertz CT molecular complexity index is 536. The van der Waals surface area contributed by atoms with Crippen molar-refractivity contribution in [3.8, 4) is 0 Å². The molecule has 0 aliphatic heterocycles. The van der Waals surface area contributed by atoms with E-state index in [1.54, 1.807) is 25.1 Å². The Morgan fingerprint density at radius 2 is 1.73 bits per heavy atom. The number of hydrogen-bond acceptors (Lipinski definition) is 3. The maximum atomic E-state index is 12.1. The number of rotatable bonds is 4. The third kappa shape index (κ3) is 4.89. The van der Waals surface area contributed by atoms with Gasteiger partial charge in [-0.1, -0.05) is 42.5 Å². The molecule has 120 valence electrons. The van der Waals surface area contributed by atoms with Crippen LogP contribution in [0.1, 0.15) is 39.0 Å². The van der Waals surface area contributed by atoms with Gasteiger partial charge in [-0.3, -0.25) is 9.59 Å². The first kappa shape index (κ1) is 17.1. The van der Waals surface area contributed by atoms with Crippen molar-refractivity contribution in [1.29, 1.82) is 0 Å². The third-order valence-electron chi connectivity index (χ3n) is 3.73. The van der Waals surface area contributed by atoms with Crippen LogP contribution in [0, 0.1) is 5.92 Å². The molecule has 1 N–H and O–H groups in total. The second-order valence-electron chi connectivity index (χ2n) is 5.56. The van der Waals surface area contributed by atoms with Crippen LogP contribution in [0.25, 0.3) is 0 Å². The van der Waals surface area contributed by atoms with Crippen molar-refractivity contribution in [1.82, 2.24) is 0 Å². The average Bonchev–Trinajstić information content (AvgIpc) is 2.46. The van der Waals surface area contributed by atoms with Crippen molar-refractivity contribution in [3.63, 3.8) is 0 Å². The second-order valence-corrected chi connectivity index (χ2v) is 6.43. The van der Waals surface area contributed by atoms with Crippen LogP contribution in [-0.2, 0) is 14.3 Å². The molecule has 1 fully saturated rings. The summed E-state index contributed by atoms with van der Waals surface area (Å²) in [6.45, 7) is 1.56. The number of anilines is 1. The summed E-state index contributed by atoms with van der Waals surface area (Å²) in [5.41, 5.74) is 0.475. The van der Waals surface area contributed by atoms with Gasteiger partial charge >= 0.3 is 5.97 Å². The van der Waals surface area contributed by atoms with E-state index in [1.807, 2.05) is 0 Å². The summed E-state index contributed by atoms with van der Waals surface area (Å²) in [5.74, 6) is -0.765. The van der Waals surface area contributed by atoms with Gasteiger partial charge in [0.2, 0.25) is 0 Å². The van der Waals surface area contributed by atoms with Crippen LogP contribution in [0.3, 0.4) is 0 Å². The molecule has 4 nitrogen and oxygen atoms in total. The largest absolute Gasteiger partial charge is 0.452 e. The van der Waals surface area contributed by atoms with E-state index < -0.39 is 12.0 Å². The zero-order valence-corrected chi connectivity index (χ0v) is 13.9. The minimum Gasteiger partial charge on any atom is -0.452 e. The quantitative estimate of drug-likeness (QED) is 0.822. The van der Waals surface area contributed by atoms with Crippen LogP contribution < -0.4 is 5.32 Å². The molecule has 22 heavy (non-hydrogen) atoms. The van der Waals surface area contributed by atoms with Crippen molar-refractivity contribution in [2.24, 2.45) is 5.92 Å². The molecule has 1 aliphatic carbocycles. The van der Waals surface area contributed by atoms with E-state index in [0.717, 1.165) is 32.1 Å². The zero-order chi connectivity index (χ0) is 16.1. The minimum atomic E-state index is -0.854. The molecule has 1 saturated carbocycles. The molecule has 1 atom stereocenters. The summed E-state index contributed by atoms with van der Waals surface area (Å²) in [4.78, 5) is 24.1. The number of hydrogen-bond donors (Lipinski definition) is 1. The van der Waals surface area contributed by atoms with E-state index in [1.165, 1.54) is 0 Å². The van der Waals surface area contributed by atoms with Crippen molar-refractivity contribution in [2.75, 3.05) is 5.32 Å². The summed E-state index contributed by atoms with van der Waals surface area (Å²) >= 11 is 11.8. The predicted molar refractivity (Wildman–Crippen MR) is 87.2 cm³/mol. The van der Waals surface area contributed by atoms with Gasteiger partial charge in [-0.2, -0.15) is 0 Å². The molecule has 0 spiro atoms. The first-order valence-corrected chi connectivity index (χ1v) is 8.19. The Hall–Kier alpha value is -1.26. The van der Waals surface area contributed by atoms with E-state index in [4.69, 9.17) is 27.9 Å². The van der Waals surface area contributed by atoms with Crippen molar-refractivity contribution >= 4 is 40.8 Å². The van der Waals surface area contributed by atoms with Gasteiger partial charge in [0, 0.05) is 15.7 Å². The highest BCUT2D eigenvalue weighted by molar-refractivity contribution is 6.35. The van der Waals surface area contributed by atoms with Crippen LogP contribution in [0.15, 0.2) is 18.2 Å². The zero-order valence-electron chi connectivity index (χ0n) is 12.4. The Labute approximate surface area is 140 Å². The van der Waals surface area contributed by atoms with Crippen LogP contribution in [0.2, 0.25) is 10.0 Å². The fraction of sp³-hybridized carbons (Fsp3) is 0.500. The number of carbonyl (C=O) groups is 2. The van der Waals surface area contributed by atoms with Gasteiger partial charge in [0.25, 0.3) is 5.91 Å². The molecule has 0 radical (unpaired) electrons. The second kappa shape index (κ2) is 7.84. The summed E-state index contributed by atoms with van der Waals surface area (Å²) < 4.78 is 5.27. The molecule has 1 aromatic rings. The number of amides is 1. The molecule has 0 saturated heterocycles. The molecule has 0 unspecified atom stereocenters. The van der Waals surface area contributed by atoms with E-state index in [0.29, 0.717) is 15.7 Å². The molecule has 6 heteroatoms. The van der Waals surface area contributed by atoms with Crippen LogP contribution in [-0.4, -0.2) is 18.0 Å². The first-order valence-electron chi connectivity index (χ1n) is 7.43. The van der Waals surface area contributed by atoms with Crippen LogP contribution in [0.4, 0.5) is 5.69 Å². The monoisotopic (exact) mass is 343 g/mol. The Morgan fingerprint density at radius 3 is 2.32 bits per heavy atom. The normalized spacial score (nSPS) is 16.9. The van der Waals surface area contributed by atoms with Gasteiger partial charge in [0.05, 0.1) is 5.92 Å². The number of esters is 1. The Balaban J connectivity index is 1.89. The van der Waals surface area contributed by atoms with Gasteiger partial charge in [0.1, 0.15) is 0 Å². The summed E-state index contributed by atoms with van der Waals surface area (Å²) in [7, 11) is 0. The SMILES string of the molecule is C[C@@H](OC(=O)C1CCCCC1)C(=O)Nc1cc(Cl)cc(Cl)c1. The lowest BCUT2D eigenvalue weighted by Crippen LogP contribution is -2.32. The highest BCUT2D eigenvalue weighted by Crippen LogP contribution is 2.25. The first-order chi connectivity index (χ1) is 10.5. The maximum Gasteiger partial charge on any atom is 0.309 e. The van der Waals surface area contributed by atoms with Crippen molar-refractivity contribution in [2.45, 2.75) is 45.1 Å². The predicted octanol–water partition coefficient (Wildman–Crippen LogP) is 4.44. The standard InChI is InChI=1S/C16H19Cl2NO3/c1-10(22-16(21)11-5-3-2-4-6-11)15(20)19-14-8-12(17)7-13(18)9-14/h7-11H,2-6H2,1H3,(H,19,20)/t10-/m1/s1. The maximum absolute atomic E-state index is 12.1. The lowest BCUT2D eigenvalue weighted by Gasteiger charge is -2.22. The molecule has 0 bridgehead atoms. The summed E-state index contributed by atoms with van der Waals surface area (Å²) in [6.07, 6.45) is 4.08. The van der Waals surface area contributed by atoms with E-state index >= 15 is 0 Å². The van der Waals surface area contributed by atoms with E-state index in [2.05, 4.69) is 5.32 Å². The number of carbonyl (C=O) groups excluding carboxylic acids is 2. The van der Waals surface area contributed by atoms with Crippen LogP contribution in [0.5, 0.6) is 0 Å². The third-order valence-corrected chi connectivity index (χ3v) is 4.17. The smallest absolute Gasteiger partial charge is 0.309 e. The highest BCUT2D eigenvalue weighted by Gasteiger charge is 2.26. The number of ether oxygens (including phenoxy) is 1. The molecule has 0 aromatic heterocycles. The van der Waals surface area contributed by atoms with E-state index in [9.17, 15) is 9.59 Å². The van der Waals surface area contributed by atoms with Gasteiger partial charge < -0.3 is 10.1 Å². The average molecular weight is 344 g/mol. The molecule has 1 aromatic carbocycles. The lowest BCUT2D eigenvalue weighted by molar-refractivity contribution is -0.158. The fourth-order valence-electron chi connectivity index (χ4n) is 2.53. The highest BCUT2D eigenvalue weighted by atomic mass is 35.5. The number of halogens is 2. The Kier molecular flexibility index (Phi) is 6.09. The molecule has 2 rings (SSSR count). The topological polar surface area (TPSA) is 55.4 Å².